The van der Waals surface area contributed by atoms with Crippen LogP contribution in [0.4, 0.5) is 4.39 Å². The number of rotatable bonds is 6. The van der Waals surface area contributed by atoms with Gasteiger partial charge in [0, 0.05) is 16.1 Å². The van der Waals surface area contributed by atoms with Crippen LogP contribution >= 0.6 is 11.6 Å². The van der Waals surface area contributed by atoms with E-state index in [1.807, 2.05) is 0 Å². The Morgan fingerprint density at radius 2 is 1.80 bits per heavy atom. The van der Waals surface area contributed by atoms with Crippen molar-refractivity contribution < 1.29 is 23.5 Å². The van der Waals surface area contributed by atoms with Crippen LogP contribution in [0.1, 0.15) is 27.6 Å². The van der Waals surface area contributed by atoms with Gasteiger partial charge in [-0.25, -0.2) is 4.39 Å². The third kappa shape index (κ3) is 5.39. The van der Waals surface area contributed by atoms with E-state index in [-0.39, 0.29) is 11.3 Å². The molecule has 0 saturated heterocycles. The molecule has 0 unspecified atom stereocenters. The molecule has 0 saturated carbocycles. The Balaban J connectivity index is 1.86. The molecule has 0 aliphatic rings. The lowest BCUT2D eigenvalue weighted by Gasteiger charge is -2.13. The minimum atomic E-state index is -1.01. The van der Waals surface area contributed by atoms with Crippen molar-refractivity contribution in [2.24, 2.45) is 0 Å². The molecule has 1 atom stereocenters. The molecule has 0 aliphatic carbocycles. The number of halogens is 2. The van der Waals surface area contributed by atoms with E-state index in [0.717, 1.165) is 6.07 Å². The second kappa shape index (κ2) is 8.39. The minimum Gasteiger partial charge on any atom is -0.453 e. The number of carbonyl (C=O) groups is 3. The molecular weight excluding hydrogens is 349 g/mol. The molecule has 1 N–H and O–H groups in total. The van der Waals surface area contributed by atoms with E-state index in [9.17, 15) is 18.8 Å². The highest BCUT2D eigenvalue weighted by Crippen LogP contribution is 2.12. The zero-order chi connectivity index (χ0) is 18.4. The van der Waals surface area contributed by atoms with E-state index in [0.29, 0.717) is 10.6 Å². The molecule has 2 aromatic carbocycles. The van der Waals surface area contributed by atoms with Crippen molar-refractivity contribution in [2.45, 2.75) is 13.0 Å². The van der Waals surface area contributed by atoms with E-state index in [1.165, 1.54) is 37.3 Å². The Hall–Kier alpha value is -2.73. The number of carbonyl (C=O) groups excluding carboxylic acids is 3. The fourth-order valence-electron chi connectivity index (χ4n) is 2.03. The van der Waals surface area contributed by atoms with Crippen molar-refractivity contribution >= 4 is 29.3 Å². The second-order valence-corrected chi connectivity index (χ2v) is 5.63. The summed E-state index contributed by atoms with van der Waals surface area (Å²) in [5.74, 6) is -2.34. The maximum absolute atomic E-state index is 13.1. The number of amides is 1. The molecule has 130 valence electrons. The molecule has 0 spiro atoms. The van der Waals surface area contributed by atoms with Crippen LogP contribution in [0.3, 0.4) is 0 Å². The highest BCUT2D eigenvalue weighted by Gasteiger charge is 2.20. The van der Waals surface area contributed by atoms with Gasteiger partial charge in [-0.3, -0.25) is 14.4 Å². The second-order valence-electron chi connectivity index (χ2n) is 5.20. The molecular formula is C18H15ClFNO4. The Kier molecular flexibility index (Phi) is 6.25. The lowest BCUT2D eigenvalue weighted by Crippen LogP contribution is -2.34. The minimum absolute atomic E-state index is 0.0816. The van der Waals surface area contributed by atoms with Crippen molar-refractivity contribution in [1.82, 2.24) is 5.32 Å². The van der Waals surface area contributed by atoms with Gasteiger partial charge in [-0.15, -0.1) is 0 Å². The van der Waals surface area contributed by atoms with Gasteiger partial charge in [-0.2, -0.15) is 0 Å². The van der Waals surface area contributed by atoms with Gasteiger partial charge in [-0.05, 0) is 49.4 Å². The van der Waals surface area contributed by atoms with Crippen molar-refractivity contribution in [3.05, 3.63) is 70.5 Å². The number of esters is 1. The summed E-state index contributed by atoms with van der Waals surface area (Å²) in [7, 11) is 0. The SMILES string of the molecule is C[C@H](OC(=O)CNC(=O)c1cccc(F)c1)C(=O)c1ccc(Cl)cc1. The van der Waals surface area contributed by atoms with Crippen molar-refractivity contribution in [3.8, 4) is 0 Å². The van der Waals surface area contributed by atoms with Crippen LogP contribution in [0.2, 0.25) is 5.02 Å². The number of ether oxygens (including phenoxy) is 1. The van der Waals surface area contributed by atoms with Crippen LogP contribution in [0.15, 0.2) is 48.5 Å². The predicted octanol–water partition coefficient (Wildman–Crippen LogP) is 3.02. The zero-order valence-corrected chi connectivity index (χ0v) is 14.0. The lowest BCUT2D eigenvalue weighted by atomic mass is 10.1. The van der Waals surface area contributed by atoms with Crippen LogP contribution in [0, 0.1) is 5.82 Å². The summed E-state index contributed by atoms with van der Waals surface area (Å²) in [6.07, 6.45) is -1.01. The first-order chi connectivity index (χ1) is 11.9. The molecule has 0 fully saturated rings. The van der Waals surface area contributed by atoms with Crippen molar-refractivity contribution in [2.75, 3.05) is 6.54 Å². The number of hydrogen-bond acceptors (Lipinski definition) is 4. The van der Waals surface area contributed by atoms with Gasteiger partial charge in [0.1, 0.15) is 12.4 Å². The van der Waals surface area contributed by atoms with E-state index in [1.54, 1.807) is 12.1 Å². The van der Waals surface area contributed by atoms with Gasteiger partial charge in [-0.1, -0.05) is 17.7 Å². The van der Waals surface area contributed by atoms with E-state index < -0.39 is 30.3 Å². The Morgan fingerprint density at radius 1 is 1.12 bits per heavy atom. The summed E-state index contributed by atoms with van der Waals surface area (Å²) in [4.78, 5) is 35.7. The molecule has 25 heavy (non-hydrogen) atoms. The standard InChI is InChI=1S/C18H15ClFNO4/c1-11(17(23)12-5-7-14(19)8-6-12)25-16(22)10-21-18(24)13-3-2-4-15(20)9-13/h2-9,11H,10H2,1H3,(H,21,24)/t11-/m0/s1. The first kappa shape index (κ1) is 18.6. The largest absolute Gasteiger partial charge is 0.453 e. The van der Waals surface area contributed by atoms with Gasteiger partial charge in [0.25, 0.3) is 5.91 Å². The van der Waals surface area contributed by atoms with E-state index >= 15 is 0 Å². The fourth-order valence-corrected chi connectivity index (χ4v) is 2.15. The van der Waals surface area contributed by atoms with E-state index in [2.05, 4.69) is 5.32 Å². The Morgan fingerprint density at radius 3 is 2.44 bits per heavy atom. The fraction of sp³-hybridized carbons (Fsp3) is 0.167. The first-order valence-electron chi connectivity index (χ1n) is 7.40. The normalized spacial score (nSPS) is 11.5. The first-order valence-corrected chi connectivity index (χ1v) is 7.77. The summed E-state index contributed by atoms with van der Waals surface area (Å²) in [6.45, 7) is 0.997. The molecule has 0 aliphatic heterocycles. The van der Waals surface area contributed by atoms with Crippen LogP contribution in [-0.2, 0) is 9.53 Å². The van der Waals surface area contributed by atoms with Crippen LogP contribution < -0.4 is 5.32 Å². The van der Waals surface area contributed by atoms with Gasteiger partial charge < -0.3 is 10.1 Å². The molecule has 0 radical (unpaired) electrons. The maximum atomic E-state index is 13.1. The third-order valence-electron chi connectivity index (χ3n) is 3.29. The topological polar surface area (TPSA) is 72.5 Å². The number of ketones is 1. The predicted molar refractivity (Wildman–Crippen MR) is 90.1 cm³/mol. The Labute approximate surface area is 148 Å². The third-order valence-corrected chi connectivity index (χ3v) is 3.54. The molecule has 1 amide bonds. The lowest BCUT2D eigenvalue weighted by molar-refractivity contribution is -0.145. The summed E-state index contributed by atoms with van der Waals surface area (Å²) in [6, 6.07) is 11.2. The zero-order valence-electron chi connectivity index (χ0n) is 13.3. The van der Waals surface area contributed by atoms with Gasteiger partial charge in [0.2, 0.25) is 5.78 Å². The van der Waals surface area contributed by atoms with Gasteiger partial charge >= 0.3 is 5.97 Å². The summed E-state index contributed by atoms with van der Waals surface area (Å²) in [5.41, 5.74) is 0.437. The smallest absolute Gasteiger partial charge is 0.326 e. The number of Topliss-reactive ketones (excluding diaryl/α,β-unsaturated/α-hetero) is 1. The van der Waals surface area contributed by atoms with Crippen LogP contribution in [0.25, 0.3) is 0 Å². The number of hydrogen-bond donors (Lipinski definition) is 1. The average molecular weight is 364 g/mol. The molecule has 5 nitrogen and oxygen atoms in total. The summed E-state index contributed by atoms with van der Waals surface area (Å²) >= 11 is 5.75. The molecule has 0 bridgehead atoms. The molecule has 2 aromatic rings. The molecule has 0 aromatic heterocycles. The van der Waals surface area contributed by atoms with Crippen LogP contribution in [0.5, 0.6) is 0 Å². The monoisotopic (exact) mass is 363 g/mol. The average Bonchev–Trinajstić information content (AvgIpc) is 2.59. The van der Waals surface area contributed by atoms with E-state index in [4.69, 9.17) is 16.3 Å². The van der Waals surface area contributed by atoms with Gasteiger partial charge in [0.05, 0.1) is 0 Å². The summed E-state index contributed by atoms with van der Waals surface area (Å²) in [5, 5.41) is 2.80. The quantitative estimate of drug-likeness (QED) is 0.632. The molecule has 2 rings (SSSR count). The summed E-state index contributed by atoms with van der Waals surface area (Å²) < 4.78 is 18.1. The number of benzene rings is 2. The Bertz CT molecular complexity index is 792. The maximum Gasteiger partial charge on any atom is 0.326 e. The van der Waals surface area contributed by atoms with Gasteiger partial charge in [0.15, 0.2) is 6.10 Å². The highest BCUT2D eigenvalue weighted by molar-refractivity contribution is 6.30. The van der Waals surface area contributed by atoms with Crippen LogP contribution in [-0.4, -0.2) is 30.3 Å². The number of nitrogens with one attached hydrogen (secondary N) is 1. The van der Waals surface area contributed by atoms with Crippen molar-refractivity contribution in [1.29, 1.82) is 0 Å². The molecule has 0 heterocycles. The highest BCUT2D eigenvalue weighted by atomic mass is 35.5. The van der Waals surface area contributed by atoms with Crippen molar-refractivity contribution in [3.63, 3.8) is 0 Å². The molecule has 7 heteroatoms.